The lowest BCUT2D eigenvalue weighted by molar-refractivity contribution is 0.337. The van der Waals surface area contributed by atoms with E-state index in [2.05, 4.69) is 10.3 Å². The molecule has 2 unspecified atom stereocenters. The van der Waals surface area contributed by atoms with Gasteiger partial charge in [0.05, 0.1) is 22.5 Å². The van der Waals surface area contributed by atoms with E-state index in [1.165, 1.54) is 5.56 Å². The molecule has 4 rings (SSSR count). The number of nitrogens with zero attached hydrogens (tertiary/aromatic N) is 2. The fraction of sp³-hybridized carbons (Fsp3) is 0.350. The van der Waals surface area contributed by atoms with Crippen molar-refractivity contribution in [3.63, 3.8) is 0 Å². The van der Waals surface area contributed by atoms with Gasteiger partial charge in [-0.25, -0.2) is 4.21 Å². The summed E-state index contributed by atoms with van der Waals surface area (Å²) in [5, 5.41) is 3.40. The summed E-state index contributed by atoms with van der Waals surface area (Å²) in [4.78, 5) is 5.34. The molecule has 1 aliphatic rings. The molecule has 136 valence electrons. The highest BCUT2D eigenvalue weighted by Gasteiger charge is 2.24. The van der Waals surface area contributed by atoms with Crippen molar-refractivity contribution in [3.8, 4) is 5.75 Å². The van der Waals surface area contributed by atoms with Gasteiger partial charge in [-0.15, -0.1) is 0 Å². The van der Waals surface area contributed by atoms with Gasteiger partial charge in [-0.3, -0.25) is 8.96 Å². The number of hydrogen-bond acceptors (Lipinski definition) is 4. The number of aryl methyl sites for hydroxylation is 1. The van der Waals surface area contributed by atoms with E-state index in [0.29, 0.717) is 12.5 Å². The van der Waals surface area contributed by atoms with Crippen LogP contribution in [0.25, 0.3) is 11.0 Å². The van der Waals surface area contributed by atoms with Crippen LogP contribution in [0.2, 0.25) is 0 Å². The third-order valence-corrected chi connectivity index (χ3v) is 6.20. The van der Waals surface area contributed by atoms with Crippen molar-refractivity contribution >= 4 is 22.0 Å². The minimum Gasteiger partial charge on any atom is -0.494 e. The molecule has 1 aromatic carbocycles. The Balaban J connectivity index is 1.76. The Labute approximate surface area is 156 Å². The molecule has 0 bridgehead atoms. The summed E-state index contributed by atoms with van der Waals surface area (Å²) < 4.78 is 20.7. The summed E-state index contributed by atoms with van der Waals surface area (Å²) in [6.45, 7) is 6.53. The first-order chi connectivity index (χ1) is 12.7. The fourth-order valence-electron chi connectivity index (χ4n) is 3.57. The first-order valence-electron chi connectivity index (χ1n) is 9.01. The van der Waals surface area contributed by atoms with Gasteiger partial charge in [0.15, 0.2) is 11.0 Å². The fourth-order valence-corrected chi connectivity index (χ4v) is 4.80. The Morgan fingerprint density at radius 2 is 2.27 bits per heavy atom. The van der Waals surface area contributed by atoms with Gasteiger partial charge in [0, 0.05) is 30.4 Å². The van der Waals surface area contributed by atoms with Crippen LogP contribution in [0.3, 0.4) is 0 Å². The lowest BCUT2D eigenvalue weighted by Crippen LogP contribution is -2.08. The largest absolute Gasteiger partial charge is 0.494 e. The van der Waals surface area contributed by atoms with E-state index in [0.717, 1.165) is 46.8 Å². The Kier molecular flexibility index (Phi) is 4.78. The zero-order valence-corrected chi connectivity index (χ0v) is 15.9. The molecule has 0 aliphatic carbocycles. The summed E-state index contributed by atoms with van der Waals surface area (Å²) in [6, 6.07) is 9.62. The molecule has 0 spiro atoms. The molecule has 5 nitrogen and oxygen atoms in total. The first-order valence-corrected chi connectivity index (χ1v) is 10.1. The number of nitrogens with one attached hydrogen (secondary N) is 1. The Morgan fingerprint density at radius 3 is 3.00 bits per heavy atom. The summed E-state index contributed by atoms with van der Waals surface area (Å²) in [6.07, 6.45) is 4.92. The van der Waals surface area contributed by atoms with Crippen LogP contribution in [-0.2, 0) is 11.0 Å². The van der Waals surface area contributed by atoms with Gasteiger partial charge in [-0.05, 0) is 62.7 Å². The third kappa shape index (κ3) is 3.04. The van der Waals surface area contributed by atoms with Gasteiger partial charge in [0.1, 0.15) is 5.75 Å². The predicted molar refractivity (Wildman–Crippen MR) is 104 cm³/mol. The summed E-state index contributed by atoms with van der Waals surface area (Å²) in [7, 11) is -1.32. The normalized spacial score (nSPS) is 18.3. The number of benzene rings is 1. The second-order valence-electron chi connectivity index (χ2n) is 6.58. The van der Waals surface area contributed by atoms with Crippen LogP contribution in [0.15, 0.2) is 47.6 Å². The molecule has 26 heavy (non-hydrogen) atoms. The van der Waals surface area contributed by atoms with Crippen molar-refractivity contribution in [1.82, 2.24) is 14.3 Å². The quantitative estimate of drug-likeness (QED) is 0.749. The Hall–Kier alpha value is -2.18. The molecule has 0 radical (unpaired) electrons. The maximum Gasteiger partial charge on any atom is 0.157 e. The van der Waals surface area contributed by atoms with Gasteiger partial charge in [-0.1, -0.05) is 0 Å². The minimum absolute atomic E-state index is 0.424. The van der Waals surface area contributed by atoms with Crippen LogP contribution in [0.5, 0.6) is 5.75 Å². The van der Waals surface area contributed by atoms with Crippen LogP contribution < -0.4 is 10.1 Å². The second-order valence-corrected chi connectivity index (χ2v) is 7.94. The number of hydrogen-bond donors (Lipinski definition) is 1. The number of ether oxygens (including phenoxy) is 1. The SMILES string of the molecule is CCOc1ccc(S(=O)n2cc(C3CCNC3)c3ncccc32)cc1C. The summed E-state index contributed by atoms with van der Waals surface area (Å²) >= 11 is 0. The van der Waals surface area contributed by atoms with Crippen molar-refractivity contribution in [2.45, 2.75) is 31.1 Å². The van der Waals surface area contributed by atoms with E-state index < -0.39 is 11.0 Å². The highest BCUT2D eigenvalue weighted by atomic mass is 32.2. The van der Waals surface area contributed by atoms with E-state index >= 15 is 0 Å². The lowest BCUT2D eigenvalue weighted by atomic mass is 10.0. The third-order valence-electron chi connectivity index (χ3n) is 4.88. The van der Waals surface area contributed by atoms with Gasteiger partial charge < -0.3 is 10.1 Å². The lowest BCUT2D eigenvalue weighted by Gasteiger charge is -2.10. The standard InChI is InChI=1S/C20H23N3O2S/c1-3-25-19-7-6-16(11-14(19)2)26(24)23-13-17(15-8-10-21-12-15)20-18(23)5-4-9-22-20/h4-7,9,11,13,15,21H,3,8,10,12H2,1-2H3. The molecule has 1 saturated heterocycles. The number of pyridine rings is 1. The molecule has 2 atom stereocenters. The maximum absolute atomic E-state index is 13.3. The zero-order chi connectivity index (χ0) is 18.1. The van der Waals surface area contributed by atoms with E-state index in [1.54, 1.807) is 0 Å². The number of fused-ring (bicyclic) bond motifs is 1. The molecule has 6 heteroatoms. The van der Waals surface area contributed by atoms with Gasteiger partial charge in [-0.2, -0.15) is 0 Å². The first kappa shape index (κ1) is 17.2. The van der Waals surface area contributed by atoms with Crippen LogP contribution in [-0.4, -0.2) is 32.9 Å². The van der Waals surface area contributed by atoms with E-state index in [1.807, 2.05) is 60.5 Å². The molecule has 3 aromatic rings. The summed E-state index contributed by atoms with van der Waals surface area (Å²) in [5.41, 5.74) is 4.05. The van der Waals surface area contributed by atoms with Gasteiger partial charge in [0.25, 0.3) is 0 Å². The molecular formula is C20H23N3O2S. The van der Waals surface area contributed by atoms with Crippen molar-refractivity contribution in [2.24, 2.45) is 0 Å². The van der Waals surface area contributed by atoms with E-state index in [-0.39, 0.29) is 0 Å². The molecule has 1 aliphatic heterocycles. The van der Waals surface area contributed by atoms with Crippen LogP contribution >= 0.6 is 0 Å². The van der Waals surface area contributed by atoms with Crippen LogP contribution in [0.4, 0.5) is 0 Å². The second kappa shape index (κ2) is 7.21. The highest BCUT2D eigenvalue weighted by molar-refractivity contribution is 7.83. The molecule has 3 heterocycles. The van der Waals surface area contributed by atoms with Crippen molar-refractivity contribution in [3.05, 3.63) is 53.9 Å². The molecular weight excluding hydrogens is 346 g/mol. The van der Waals surface area contributed by atoms with Gasteiger partial charge in [0.2, 0.25) is 0 Å². The van der Waals surface area contributed by atoms with Crippen LogP contribution in [0, 0.1) is 6.92 Å². The topological polar surface area (TPSA) is 56.1 Å². The smallest absolute Gasteiger partial charge is 0.157 e. The van der Waals surface area contributed by atoms with Crippen molar-refractivity contribution in [2.75, 3.05) is 19.7 Å². The number of rotatable bonds is 5. The highest BCUT2D eigenvalue weighted by Crippen LogP contribution is 2.31. The van der Waals surface area contributed by atoms with E-state index in [9.17, 15) is 4.21 Å². The zero-order valence-electron chi connectivity index (χ0n) is 15.1. The van der Waals surface area contributed by atoms with Crippen molar-refractivity contribution < 1.29 is 8.95 Å². The average molecular weight is 369 g/mol. The average Bonchev–Trinajstić information content (AvgIpc) is 3.30. The molecule has 0 saturated carbocycles. The monoisotopic (exact) mass is 369 g/mol. The maximum atomic E-state index is 13.3. The Morgan fingerprint density at radius 1 is 1.38 bits per heavy atom. The van der Waals surface area contributed by atoms with Gasteiger partial charge >= 0.3 is 0 Å². The number of aromatic nitrogens is 2. The molecule has 1 fully saturated rings. The molecule has 1 N–H and O–H groups in total. The molecule has 2 aromatic heterocycles. The van der Waals surface area contributed by atoms with E-state index in [4.69, 9.17) is 4.74 Å². The Bertz CT molecular complexity index is 961. The van der Waals surface area contributed by atoms with Crippen molar-refractivity contribution in [1.29, 1.82) is 0 Å². The molecule has 0 amide bonds. The summed E-state index contributed by atoms with van der Waals surface area (Å²) in [5.74, 6) is 1.26. The minimum atomic E-state index is -1.32. The predicted octanol–water partition coefficient (Wildman–Crippen LogP) is 3.39. The van der Waals surface area contributed by atoms with Crippen LogP contribution in [0.1, 0.15) is 30.4 Å².